The highest BCUT2D eigenvalue weighted by Gasteiger charge is 2.18. The predicted octanol–water partition coefficient (Wildman–Crippen LogP) is 3.21. The van der Waals surface area contributed by atoms with Crippen LogP contribution in [0.4, 0.5) is 0 Å². The SMILES string of the molecule is NC(CC(=O)NC(CCCC(=O)OCc1ccccc1)n1ccnc1)c1ccc(O)cc1. The number of nitrogens with two attached hydrogens (primary N) is 1. The zero-order valence-electron chi connectivity index (χ0n) is 17.8. The first kappa shape index (κ1) is 23.0. The second kappa shape index (κ2) is 11.7. The first-order valence-corrected chi connectivity index (χ1v) is 10.5. The van der Waals surface area contributed by atoms with Crippen molar-refractivity contribution >= 4 is 11.9 Å². The largest absolute Gasteiger partial charge is 0.508 e. The van der Waals surface area contributed by atoms with Crippen LogP contribution in [-0.2, 0) is 20.9 Å². The van der Waals surface area contributed by atoms with Crippen LogP contribution in [0.5, 0.6) is 5.75 Å². The normalized spacial score (nSPS) is 12.7. The van der Waals surface area contributed by atoms with Crippen LogP contribution in [0.3, 0.4) is 0 Å². The number of ether oxygens (including phenoxy) is 1. The predicted molar refractivity (Wildman–Crippen MR) is 119 cm³/mol. The minimum absolute atomic E-state index is 0.0924. The maximum absolute atomic E-state index is 12.6. The number of hydrogen-bond donors (Lipinski definition) is 3. The number of phenols is 1. The van der Waals surface area contributed by atoms with Gasteiger partial charge in [0.2, 0.25) is 5.91 Å². The van der Waals surface area contributed by atoms with Crippen molar-refractivity contribution in [3.8, 4) is 5.75 Å². The minimum Gasteiger partial charge on any atom is -0.508 e. The number of nitrogens with zero attached hydrogens (tertiary/aromatic N) is 2. The summed E-state index contributed by atoms with van der Waals surface area (Å²) in [5.41, 5.74) is 7.84. The van der Waals surface area contributed by atoms with E-state index in [0.717, 1.165) is 11.1 Å². The van der Waals surface area contributed by atoms with Gasteiger partial charge in [0.15, 0.2) is 0 Å². The van der Waals surface area contributed by atoms with Gasteiger partial charge in [-0.1, -0.05) is 42.5 Å². The van der Waals surface area contributed by atoms with Crippen LogP contribution < -0.4 is 11.1 Å². The highest BCUT2D eigenvalue weighted by atomic mass is 16.5. The third-order valence-corrected chi connectivity index (χ3v) is 5.04. The fourth-order valence-corrected chi connectivity index (χ4v) is 3.28. The lowest BCUT2D eigenvalue weighted by molar-refractivity contribution is -0.145. The van der Waals surface area contributed by atoms with Crippen molar-refractivity contribution in [1.29, 1.82) is 0 Å². The number of nitrogens with one attached hydrogen (secondary N) is 1. The summed E-state index contributed by atoms with van der Waals surface area (Å²) in [6.45, 7) is 0.247. The van der Waals surface area contributed by atoms with Gasteiger partial charge in [0.05, 0.1) is 6.33 Å². The number of aromatic nitrogens is 2. The first-order chi connectivity index (χ1) is 15.5. The smallest absolute Gasteiger partial charge is 0.306 e. The Bertz CT molecular complexity index is 975. The molecule has 0 aliphatic heterocycles. The zero-order chi connectivity index (χ0) is 22.8. The van der Waals surface area contributed by atoms with Crippen LogP contribution in [-0.4, -0.2) is 26.5 Å². The molecule has 0 saturated heterocycles. The third-order valence-electron chi connectivity index (χ3n) is 5.04. The van der Waals surface area contributed by atoms with Gasteiger partial charge in [-0.25, -0.2) is 4.98 Å². The van der Waals surface area contributed by atoms with Crippen molar-refractivity contribution < 1.29 is 19.4 Å². The Hall–Kier alpha value is -3.65. The van der Waals surface area contributed by atoms with Gasteiger partial charge in [-0.05, 0) is 36.1 Å². The molecule has 1 aromatic heterocycles. The number of esters is 1. The first-order valence-electron chi connectivity index (χ1n) is 10.5. The topological polar surface area (TPSA) is 119 Å². The molecular formula is C24H28N4O4. The molecule has 3 rings (SSSR count). The van der Waals surface area contributed by atoms with Gasteiger partial charge in [0.25, 0.3) is 0 Å². The van der Waals surface area contributed by atoms with E-state index in [1.54, 1.807) is 35.4 Å². The number of carbonyl (C=O) groups is 2. The summed E-state index contributed by atoms with van der Waals surface area (Å²) in [5.74, 6) is -0.345. The molecule has 0 aliphatic carbocycles. The van der Waals surface area contributed by atoms with E-state index in [4.69, 9.17) is 10.5 Å². The summed E-state index contributed by atoms with van der Waals surface area (Å²) in [4.78, 5) is 28.7. The van der Waals surface area contributed by atoms with Crippen molar-refractivity contribution in [3.63, 3.8) is 0 Å². The number of imidazole rings is 1. The molecule has 8 nitrogen and oxygen atoms in total. The summed E-state index contributed by atoms with van der Waals surface area (Å²) in [7, 11) is 0. The monoisotopic (exact) mass is 436 g/mol. The maximum Gasteiger partial charge on any atom is 0.306 e. The molecule has 4 N–H and O–H groups in total. The summed E-state index contributed by atoms with van der Waals surface area (Å²) in [6, 6.07) is 15.5. The van der Waals surface area contributed by atoms with Crippen LogP contribution in [0.2, 0.25) is 0 Å². The lowest BCUT2D eigenvalue weighted by Gasteiger charge is -2.21. The lowest BCUT2D eigenvalue weighted by Crippen LogP contribution is -2.34. The highest BCUT2D eigenvalue weighted by molar-refractivity contribution is 5.77. The molecule has 1 heterocycles. The number of aromatic hydroxyl groups is 1. The van der Waals surface area contributed by atoms with Crippen LogP contribution in [0, 0.1) is 0 Å². The number of phenolic OH excluding ortho intramolecular Hbond substituents is 1. The van der Waals surface area contributed by atoms with E-state index in [0.29, 0.717) is 12.8 Å². The van der Waals surface area contributed by atoms with Crippen LogP contribution in [0.15, 0.2) is 73.3 Å². The molecule has 0 aliphatic rings. The minimum atomic E-state index is -0.494. The van der Waals surface area contributed by atoms with Crippen molar-refractivity contribution in [2.45, 2.75) is 44.5 Å². The molecule has 0 saturated carbocycles. The van der Waals surface area contributed by atoms with E-state index in [-0.39, 0.29) is 43.2 Å². The third kappa shape index (κ3) is 7.24. The molecule has 0 fully saturated rings. The molecule has 2 atom stereocenters. The summed E-state index contributed by atoms with van der Waals surface area (Å²) in [5, 5.41) is 12.4. The molecule has 0 spiro atoms. The van der Waals surface area contributed by atoms with Gasteiger partial charge in [-0.3, -0.25) is 9.59 Å². The Labute approximate surface area is 187 Å². The molecule has 0 bridgehead atoms. The quantitative estimate of drug-likeness (QED) is 0.397. The zero-order valence-corrected chi connectivity index (χ0v) is 17.8. The number of amides is 1. The fraction of sp³-hybridized carbons (Fsp3) is 0.292. The summed E-state index contributed by atoms with van der Waals surface area (Å²) in [6.07, 6.45) is 6.10. The molecule has 0 radical (unpaired) electrons. The second-order valence-corrected chi connectivity index (χ2v) is 7.53. The van der Waals surface area contributed by atoms with Crippen molar-refractivity contribution in [2.75, 3.05) is 0 Å². The Kier molecular flexibility index (Phi) is 8.39. The van der Waals surface area contributed by atoms with Gasteiger partial charge >= 0.3 is 5.97 Å². The summed E-state index contributed by atoms with van der Waals surface area (Å²) < 4.78 is 7.10. The standard InChI is InChI=1S/C24H28N4O4/c25-21(19-9-11-20(29)12-10-19)15-23(30)27-22(28-14-13-26-17-28)7-4-8-24(31)32-16-18-5-2-1-3-6-18/h1-3,5-6,9-14,17,21-22,29H,4,7-8,15-16,25H2,(H,27,30). The van der Waals surface area contributed by atoms with E-state index in [2.05, 4.69) is 10.3 Å². The van der Waals surface area contributed by atoms with Gasteiger partial charge in [0, 0.05) is 31.3 Å². The molecule has 32 heavy (non-hydrogen) atoms. The number of hydrogen-bond acceptors (Lipinski definition) is 6. The average Bonchev–Trinajstić information content (AvgIpc) is 3.33. The van der Waals surface area contributed by atoms with E-state index in [9.17, 15) is 14.7 Å². The maximum atomic E-state index is 12.6. The second-order valence-electron chi connectivity index (χ2n) is 7.53. The Morgan fingerprint density at radius 1 is 1.12 bits per heavy atom. The highest BCUT2D eigenvalue weighted by Crippen LogP contribution is 2.19. The van der Waals surface area contributed by atoms with Crippen molar-refractivity contribution in [2.24, 2.45) is 5.73 Å². The Balaban J connectivity index is 1.47. The van der Waals surface area contributed by atoms with Crippen molar-refractivity contribution in [1.82, 2.24) is 14.9 Å². The Morgan fingerprint density at radius 3 is 2.56 bits per heavy atom. The van der Waals surface area contributed by atoms with Gasteiger partial charge in [-0.15, -0.1) is 0 Å². The molecule has 168 valence electrons. The molecular weight excluding hydrogens is 408 g/mol. The average molecular weight is 437 g/mol. The van der Waals surface area contributed by atoms with E-state index in [1.807, 2.05) is 30.3 Å². The van der Waals surface area contributed by atoms with Crippen molar-refractivity contribution in [3.05, 3.63) is 84.4 Å². The summed E-state index contributed by atoms with van der Waals surface area (Å²) >= 11 is 0. The Morgan fingerprint density at radius 2 is 1.88 bits per heavy atom. The number of benzene rings is 2. The van der Waals surface area contributed by atoms with Crippen LogP contribution in [0.1, 0.15) is 49.0 Å². The lowest BCUT2D eigenvalue weighted by atomic mass is 10.0. The molecule has 3 aromatic rings. The van der Waals surface area contributed by atoms with Crippen LogP contribution >= 0.6 is 0 Å². The molecule has 1 amide bonds. The van der Waals surface area contributed by atoms with Gasteiger partial charge in [0.1, 0.15) is 18.5 Å². The molecule has 2 aromatic carbocycles. The van der Waals surface area contributed by atoms with E-state index in [1.165, 1.54) is 12.1 Å². The molecule has 8 heteroatoms. The number of rotatable bonds is 11. The van der Waals surface area contributed by atoms with Gasteiger partial charge < -0.3 is 25.5 Å². The van der Waals surface area contributed by atoms with Crippen LogP contribution in [0.25, 0.3) is 0 Å². The molecule has 2 unspecified atom stereocenters. The van der Waals surface area contributed by atoms with Gasteiger partial charge in [-0.2, -0.15) is 0 Å². The van der Waals surface area contributed by atoms with E-state index < -0.39 is 6.04 Å². The fourth-order valence-electron chi connectivity index (χ4n) is 3.28. The van der Waals surface area contributed by atoms with E-state index >= 15 is 0 Å². The number of carbonyl (C=O) groups excluding carboxylic acids is 2.